The molecule has 0 aliphatic heterocycles. The first-order chi connectivity index (χ1) is 18.5. The fourth-order valence-electron chi connectivity index (χ4n) is 3.59. The van der Waals surface area contributed by atoms with E-state index in [4.69, 9.17) is 4.74 Å². The Morgan fingerprint density at radius 2 is 1.67 bits per heavy atom. The molecule has 0 fully saturated rings. The van der Waals surface area contributed by atoms with Gasteiger partial charge >= 0.3 is 6.18 Å². The lowest BCUT2D eigenvalue weighted by molar-refractivity contribution is -0.137. The molecule has 0 saturated heterocycles. The summed E-state index contributed by atoms with van der Waals surface area (Å²) in [5.74, 6) is -0.247. The van der Waals surface area contributed by atoms with E-state index in [0.717, 1.165) is 12.1 Å². The second-order valence-corrected chi connectivity index (χ2v) is 11.5. The van der Waals surface area contributed by atoms with Crippen molar-refractivity contribution in [3.63, 3.8) is 0 Å². The summed E-state index contributed by atoms with van der Waals surface area (Å²) < 4.78 is 67.8. The van der Waals surface area contributed by atoms with Gasteiger partial charge in [-0.25, -0.2) is 13.4 Å². The Kier molecular flexibility index (Phi) is 8.38. The fourth-order valence-corrected chi connectivity index (χ4v) is 5.17. The Morgan fingerprint density at radius 3 is 2.23 bits per heavy atom. The van der Waals surface area contributed by atoms with E-state index >= 15 is 0 Å². The van der Waals surface area contributed by atoms with Gasteiger partial charge in [-0.05, 0) is 54.1 Å². The van der Waals surface area contributed by atoms with Crippen LogP contribution in [0.4, 0.5) is 13.2 Å². The minimum Gasteiger partial charge on any atom is -0.431 e. The molecule has 3 aromatic carbocycles. The Morgan fingerprint density at radius 1 is 1.03 bits per heavy atom. The van der Waals surface area contributed by atoms with Gasteiger partial charge in [0.15, 0.2) is 9.84 Å². The maximum absolute atomic E-state index is 12.8. The number of sulfone groups is 1. The number of thiazole rings is 1. The number of nitrogens with zero attached hydrogens (tertiary/aromatic N) is 1. The minimum absolute atomic E-state index is 0.0309. The van der Waals surface area contributed by atoms with Gasteiger partial charge in [0.25, 0.3) is 11.1 Å². The number of halogens is 3. The number of aliphatic hydroxyl groups is 1. The van der Waals surface area contributed by atoms with Gasteiger partial charge in [0, 0.05) is 16.5 Å². The van der Waals surface area contributed by atoms with Crippen LogP contribution in [0, 0.1) is 0 Å². The molecule has 1 aromatic heterocycles. The Balaban J connectivity index is 1.40. The number of carbonyl (C=O) groups is 1. The third-order valence-electron chi connectivity index (χ3n) is 5.82. The van der Waals surface area contributed by atoms with Crippen molar-refractivity contribution in [1.82, 2.24) is 10.3 Å². The highest BCUT2D eigenvalue weighted by Gasteiger charge is 2.30. The zero-order chi connectivity index (χ0) is 28.2. The van der Waals surface area contributed by atoms with Gasteiger partial charge < -0.3 is 15.2 Å². The first kappa shape index (κ1) is 28.3. The highest BCUT2D eigenvalue weighted by molar-refractivity contribution is 7.91. The molecule has 0 unspecified atom stereocenters. The van der Waals surface area contributed by atoms with Crippen LogP contribution in [0.5, 0.6) is 10.9 Å². The lowest BCUT2D eigenvalue weighted by Gasteiger charge is -2.17. The zero-order valence-corrected chi connectivity index (χ0v) is 22.1. The van der Waals surface area contributed by atoms with Gasteiger partial charge in [-0.2, -0.15) is 13.2 Å². The molecule has 0 radical (unpaired) electrons. The first-order valence-corrected chi connectivity index (χ1v) is 14.2. The number of alkyl halides is 3. The van der Waals surface area contributed by atoms with Crippen LogP contribution in [0.2, 0.25) is 0 Å². The number of benzene rings is 3. The Labute approximate surface area is 226 Å². The summed E-state index contributed by atoms with van der Waals surface area (Å²) in [6.45, 7) is 1.17. The number of hydrogen-bond donors (Lipinski definition) is 2. The number of nitrogens with one attached hydrogen (secondary N) is 1. The standard InChI is InChI=1S/C27H23F3N2O5S2/c1-2-39(35,36)22-13-7-17(8-14-22)23(15-33)31-25(34)19-5-3-18(4-6-19)24-16-38-26(32-24)37-21-11-9-20(10-12-21)27(28,29)30/h3-14,16,23,33H,2,15H2,1H3,(H,31,34)/t23-/m0/s1. The summed E-state index contributed by atoms with van der Waals surface area (Å²) in [5, 5.41) is 14.5. The summed E-state index contributed by atoms with van der Waals surface area (Å²) in [5.41, 5.74) is 1.37. The highest BCUT2D eigenvalue weighted by atomic mass is 32.2. The maximum Gasteiger partial charge on any atom is 0.416 e. The van der Waals surface area contributed by atoms with E-state index in [0.29, 0.717) is 22.4 Å². The predicted molar refractivity (Wildman–Crippen MR) is 141 cm³/mol. The smallest absolute Gasteiger partial charge is 0.416 e. The molecule has 4 rings (SSSR count). The van der Waals surface area contributed by atoms with Crippen molar-refractivity contribution in [3.8, 4) is 22.2 Å². The van der Waals surface area contributed by atoms with Crippen molar-refractivity contribution in [2.24, 2.45) is 0 Å². The van der Waals surface area contributed by atoms with Gasteiger partial charge in [0.05, 0.1) is 34.6 Å². The fraction of sp³-hybridized carbons (Fsp3) is 0.185. The van der Waals surface area contributed by atoms with Crippen molar-refractivity contribution in [2.75, 3.05) is 12.4 Å². The molecule has 1 amide bonds. The van der Waals surface area contributed by atoms with Crippen molar-refractivity contribution in [2.45, 2.75) is 24.0 Å². The van der Waals surface area contributed by atoms with Gasteiger partial charge in [-0.1, -0.05) is 42.5 Å². The molecule has 0 aliphatic rings. The first-order valence-electron chi connectivity index (χ1n) is 11.7. The van der Waals surface area contributed by atoms with E-state index in [1.165, 1.54) is 35.6 Å². The molecule has 39 heavy (non-hydrogen) atoms. The van der Waals surface area contributed by atoms with Crippen LogP contribution in [-0.4, -0.2) is 36.8 Å². The van der Waals surface area contributed by atoms with Crippen molar-refractivity contribution < 1.29 is 36.2 Å². The van der Waals surface area contributed by atoms with Gasteiger partial charge in [0.2, 0.25) is 0 Å². The second-order valence-electron chi connectivity index (χ2n) is 8.38. The van der Waals surface area contributed by atoms with Gasteiger partial charge in [-0.3, -0.25) is 4.79 Å². The van der Waals surface area contributed by atoms with E-state index in [-0.39, 0.29) is 28.2 Å². The number of amides is 1. The second kappa shape index (κ2) is 11.6. The number of carbonyl (C=O) groups excluding carboxylic acids is 1. The quantitative estimate of drug-likeness (QED) is 0.258. The Hall–Kier alpha value is -3.74. The van der Waals surface area contributed by atoms with Crippen LogP contribution in [0.1, 0.15) is 34.5 Å². The molecule has 0 bridgehead atoms. The molecule has 0 spiro atoms. The summed E-state index contributed by atoms with van der Waals surface area (Å²) >= 11 is 1.17. The van der Waals surface area contributed by atoms with E-state index in [2.05, 4.69) is 10.3 Å². The van der Waals surface area contributed by atoms with Crippen LogP contribution in [-0.2, 0) is 16.0 Å². The molecule has 4 aromatic rings. The van der Waals surface area contributed by atoms with E-state index < -0.39 is 33.5 Å². The molecule has 2 N–H and O–H groups in total. The maximum atomic E-state index is 12.8. The van der Waals surface area contributed by atoms with Crippen molar-refractivity contribution in [1.29, 1.82) is 0 Å². The third-order valence-corrected chi connectivity index (χ3v) is 8.29. The van der Waals surface area contributed by atoms with Gasteiger partial charge in [0.1, 0.15) is 5.75 Å². The Bertz CT molecular complexity index is 1530. The highest BCUT2D eigenvalue weighted by Crippen LogP contribution is 2.33. The summed E-state index contributed by atoms with van der Waals surface area (Å²) in [6, 6.07) is 16.1. The number of rotatable bonds is 9. The average Bonchev–Trinajstić information content (AvgIpc) is 3.40. The van der Waals surface area contributed by atoms with Crippen LogP contribution < -0.4 is 10.1 Å². The average molecular weight is 577 g/mol. The molecule has 12 heteroatoms. The largest absolute Gasteiger partial charge is 0.431 e. The van der Waals surface area contributed by atoms with E-state index in [1.54, 1.807) is 48.7 Å². The normalized spacial score (nSPS) is 12.6. The van der Waals surface area contributed by atoms with Crippen LogP contribution in [0.15, 0.2) is 83.1 Å². The number of hydrogen-bond acceptors (Lipinski definition) is 7. The molecule has 1 atom stereocenters. The van der Waals surface area contributed by atoms with Crippen molar-refractivity contribution in [3.05, 3.63) is 94.9 Å². The zero-order valence-electron chi connectivity index (χ0n) is 20.5. The lowest BCUT2D eigenvalue weighted by atomic mass is 10.1. The van der Waals surface area contributed by atoms with Crippen LogP contribution >= 0.6 is 11.3 Å². The molecule has 1 heterocycles. The third kappa shape index (κ3) is 6.83. The topological polar surface area (TPSA) is 106 Å². The van der Waals surface area contributed by atoms with E-state index in [1.807, 2.05) is 0 Å². The minimum atomic E-state index is -4.43. The lowest BCUT2D eigenvalue weighted by Crippen LogP contribution is -2.30. The monoisotopic (exact) mass is 576 g/mol. The number of aliphatic hydroxyl groups excluding tert-OH is 1. The van der Waals surface area contributed by atoms with Crippen LogP contribution in [0.3, 0.4) is 0 Å². The molecular formula is C27H23F3N2O5S2. The molecular weight excluding hydrogens is 553 g/mol. The molecule has 0 aliphatic carbocycles. The number of ether oxygens (including phenoxy) is 1. The summed E-state index contributed by atoms with van der Waals surface area (Å²) in [6.07, 6.45) is -4.43. The molecule has 204 valence electrons. The summed E-state index contributed by atoms with van der Waals surface area (Å²) in [7, 11) is -3.36. The van der Waals surface area contributed by atoms with Gasteiger partial charge in [-0.15, -0.1) is 0 Å². The molecule has 0 saturated carbocycles. The summed E-state index contributed by atoms with van der Waals surface area (Å²) in [4.78, 5) is 17.3. The van der Waals surface area contributed by atoms with Crippen LogP contribution in [0.25, 0.3) is 11.3 Å². The SMILES string of the molecule is CCS(=O)(=O)c1ccc([C@H](CO)NC(=O)c2ccc(-c3csc(Oc4ccc(C(F)(F)F)cc4)n3)cc2)cc1. The molecule has 7 nitrogen and oxygen atoms in total. The number of aromatic nitrogens is 1. The van der Waals surface area contributed by atoms with Crippen molar-refractivity contribution >= 4 is 27.1 Å². The predicted octanol–water partition coefficient (Wildman–Crippen LogP) is 5.88. The van der Waals surface area contributed by atoms with E-state index in [9.17, 15) is 31.5 Å².